The number of likely N-dealkylation sites (tertiary alicyclic amines) is 1. The van der Waals surface area contributed by atoms with E-state index in [0.29, 0.717) is 17.2 Å². The molecule has 2 aliphatic heterocycles. The second-order valence-corrected chi connectivity index (χ2v) is 9.67. The van der Waals surface area contributed by atoms with Gasteiger partial charge in [-0.2, -0.15) is 0 Å². The maximum atomic E-state index is 13.6. The highest BCUT2D eigenvalue weighted by Crippen LogP contribution is 2.35. The highest BCUT2D eigenvalue weighted by Gasteiger charge is 2.42. The molecule has 0 bridgehead atoms. The summed E-state index contributed by atoms with van der Waals surface area (Å²) in [4.78, 5) is 30.7. The Balaban J connectivity index is 1.61. The van der Waals surface area contributed by atoms with E-state index in [1.807, 2.05) is 52.0 Å². The largest absolute Gasteiger partial charge is 0.492 e. The van der Waals surface area contributed by atoms with Crippen LogP contribution in [0.15, 0.2) is 42.1 Å². The Kier molecular flexibility index (Phi) is 6.59. The van der Waals surface area contributed by atoms with Crippen molar-refractivity contribution in [3.05, 3.63) is 69.9 Å². The summed E-state index contributed by atoms with van der Waals surface area (Å²) in [5, 5.41) is 0. The Labute approximate surface area is 197 Å². The zero-order chi connectivity index (χ0) is 23.7. The molecule has 0 spiro atoms. The van der Waals surface area contributed by atoms with Crippen molar-refractivity contribution in [2.75, 3.05) is 26.2 Å². The number of carbonyl (C=O) groups is 2. The van der Waals surface area contributed by atoms with Crippen LogP contribution in [0.25, 0.3) is 5.57 Å². The average Bonchev–Trinajstić information content (AvgIpc) is 2.98. The van der Waals surface area contributed by atoms with Crippen LogP contribution in [0.2, 0.25) is 0 Å². The third-order valence-corrected chi connectivity index (χ3v) is 6.55. The van der Waals surface area contributed by atoms with Gasteiger partial charge in [0.15, 0.2) is 0 Å². The molecular weight excluding hydrogens is 412 g/mol. The lowest BCUT2D eigenvalue weighted by Gasteiger charge is -2.33. The molecule has 2 heterocycles. The number of carbonyl (C=O) groups excluding carboxylic acids is 2. The molecular formula is C28H34N2O3. The van der Waals surface area contributed by atoms with Crippen LogP contribution in [-0.4, -0.2) is 47.9 Å². The molecule has 0 aliphatic carbocycles. The Bertz CT molecular complexity index is 1100. The molecule has 0 N–H and O–H groups in total. The van der Waals surface area contributed by atoms with E-state index in [9.17, 15) is 9.59 Å². The normalized spacial score (nSPS) is 19.0. The van der Waals surface area contributed by atoms with Crippen LogP contribution in [0.4, 0.5) is 0 Å². The van der Waals surface area contributed by atoms with Gasteiger partial charge >= 0.3 is 0 Å². The number of nitrogens with zero attached hydrogens (tertiary/aromatic N) is 2. The van der Waals surface area contributed by atoms with Crippen LogP contribution in [0.3, 0.4) is 0 Å². The lowest BCUT2D eigenvalue weighted by Crippen LogP contribution is -2.40. The summed E-state index contributed by atoms with van der Waals surface area (Å²) >= 11 is 0. The summed E-state index contributed by atoms with van der Waals surface area (Å²) in [6.07, 6.45) is 2.18. The molecule has 33 heavy (non-hydrogen) atoms. The molecule has 5 nitrogen and oxygen atoms in total. The SMILES string of the molecule is Cc1cc(C)cc(OCCN2C(=O)C(c3ccc(C)cc3C)=C(N3CCCC(C)C3)C2=O)c1. The predicted molar refractivity (Wildman–Crippen MR) is 131 cm³/mol. The lowest BCUT2D eigenvalue weighted by molar-refractivity contribution is -0.138. The van der Waals surface area contributed by atoms with Crippen molar-refractivity contribution >= 4 is 17.4 Å². The third-order valence-electron chi connectivity index (χ3n) is 6.55. The van der Waals surface area contributed by atoms with Gasteiger partial charge in [-0.25, -0.2) is 0 Å². The fourth-order valence-corrected chi connectivity index (χ4v) is 5.06. The first kappa shape index (κ1) is 23.1. The summed E-state index contributed by atoms with van der Waals surface area (Å²) in [7, 11) is 0. The van der Waals surface area contributed by atoms with Crippen LogP contribution >= 0.6 is 0 Å². The summed E-state index contributed by atoms with van der Waals surface area (Å²) in [5.74, 6) is 0.841. The van der Waals surface area contributed by atoms with E-state index < -0.39 is 0 Å². The number of hydrogen-bond acceptors (Lipinski definition) is 4. The summed E-state index contributed by atoms with van der Waals surface area (Å²) in [5.41, 5.74) is 6.35. The molecule has 5 heteroatoms. The standard InChI is InChI=1S/C28H34N2O3/c1-18-8-9-24(22(5)14-18)25-26(29-10-6-7-19(2)17-29)28(32)30(27(25)31)11-12-33-23-15-20(3)13-21(4)16-23/h8-9,13-16,19H,6-7,10-12,17H2,1-5H3. The first-order valence-corrected chi connectivity index (χ1v) is 11.9. The highest BCUT2D eigenvalue weighted by atomic mass is 16.5. The molecule has 174 valence electrons. The van der Waals surface area contributed by atoms with E-state index in [0.717, 1.165) is 59.5 Å². The van der Waals surface area contributed by atoms with Crippen molar-refractivity contribution in [1.29, 1.82) is 0 Å². The number of rotatable bonds is 6. The van der Waals surface area contributed by atoms with E-state index in [1.54, 1.807) is 0 Å². The number of amides is 2. The second kappa shape index (κ2) is 9.42. The number of piperidine rings is 1. The molecule has 1 unspecified atom stereocenters. The fraction of sp³-hybridized carbons (Fsp3) is 0.429. The van der Waals surface area contributed by atoms with Gasteiger partial charge in [0.2, 0.25) is 0 Å². The van der Waals surface area contributed by atoms with Crippen molar-refractivity contribution in [2.45, 2.75) is 47.5 Å². The smallest absolute Gasteiger partial charge is 0.277 e. The molecule has 1 fully saturated rings. The second-order valence-electron chi connectivity index (χ2n) is 9.67. The quantitative estimate of drug-likeness (QED) is 0.598. The first-order chi connectivity index (χ1) is 15.7. The van der Waals surface area contributed by atoms with Crippen LogP contribution in [0.5, 0.6) is 5.75 Å². The highest BCUT2D eigenvalue weighted by molar-refractivity contribution is 6.35. The van der Waals surface area contributed by atoms with Gasteiger partial charge < -0.3 is 9.64 Å². The van der Waals surface area contributed by atoms with Crippen molar-refractivity contribution < 1.29 is 14.3 Å². The van der Waals surface area contributed by atoms with Crippen LogP contribution in [-0.2, 0) is 9.59 Å². The lowest BCUT2D eigenvalue weighted by atomic mass is 9.95. The average molecular weight is 447 g/mol. The van der Waals surface area contributed by atoms with Gasteiger partial charge in [0.25, 0.3) is 11.8 Å². The number of imide groups is 1. The van der Waals surface area contributed by atoms with E-state index >= 15 is 0 Å². The molecule has 1 saturated heterocycles. The number of benzene rings is 2. The molecule has 2 aromatic rings. The minimum absolute atomic E-state index is 0.201. The summed E-state index contributed by atoms with van der Waals surface area (Å²) < 4.78 is 5.93. The fourth-order valence-electron chi connectivity index (χ4n) is 5.06. The summed E-state index contributed by atoms with van der Waals surface area (Å²) in [6, 6.07) is 12.1. The number of hydrogen-bond donors (Lipinski definition) is 0. The van der Waals surface area contributed by atoms with Crippen LogP contribution in [0.1, 0.15) is 47.6 Å². The first-order valence-electron chi connectivity index (χ1n) is 11.9. The number of aryl methyl sites for hydroxylation is 4. The Morgan fingerprint density at radius 1 is 0.939 bits per heavy atom. The van der Waals surface area contributed by atoms with E-state index in [1.165, 1.54) is 4.90 Å². The van der Waals surface area contributed by atoms with Gasteiger partial charge in [0, 0.05) is 13.1 Å². The van der Waals surface area contributed by atoms with E-state index in [-0.39, 0.29) is 25.0 Å². The van der Waals surface area contributed by atoms with Gasteiger partial charge in [0.05, 0.1) is 12.1 Å². The van der Waals surface area contributed by atoms with E-state index in [2.05, 4.69) is 24.0 Å². The molecule has 2 aliphatic rings. The Morgan fingerprint density at radius 3 is 2.33 bits per heavy atom. The molecule has 0 aromatic heterocycles. The molecule has 2 amide bonds. The minimum Gasteiger partial charge on any atom is -0.492 e. The summed E-state index contributed by atoms with van der Waals surface area (Å²) in [6.45, 7) is 12.4. The zero-order valence-electron chi connectivity index (χ0n) is 20.4. The van der Waals surface area contributed by atoms with Gasteiger partial charge in [-0.15, -0.1) is 0 Å². The zero-order valence-corrected chi connectivity index (χ0v) is 20.4. The minimum atomic E-state index is -0.218. The maximum Gasteiger partial charge on any atom is 0.277 e. The van der Waals surface area contributed by atoms with Crippen molar-refractivity contribution in [3.8, 4) is 5.75 Å². The molecule has 4 rings (SSSR count). The van der Waals surface area contributed by atoms with Crippen LogP contribution in [0, 0.1) is 33.6 Å². The molecule has 0 saturated carbocycles. The monoisotopic (exact) mass is 446 g/mol. The molecule has 2 aromatic carbocycles. The van der Waals surface area contributed by atoms with Crippen molar-refractivity contribution in [3.63, 3.8) is 0 Å². The van der Waals surface area contributed by atoms with Crippen LogP contribution < -0.4 is 4.74 Å². The van der Waals surface area contributed by atoms with E-state index in [4.69, 9.17) is 4.74 Å². The Morgan fingerprint density at radius 2 is 1.67 bits per heavy atom. The number of ether oxygens (including phenoxy) is 1. The van der Waals surface area contributed by atoms with Gasteiger partial charge in [0.1, 0.15) is 18.1 Å². The topological polar surface area (TPSA) is 49.9 Å². The van der Waals surface area contributed by atoms with Crippen molar-refractivity contribution in [2.24, 2.45) is 5.92 Å². The van der Waals surface area contributed by atoms with Crippen molar-refractivity contribution in [1.82, 2.24) is 9.80 Å². The molecule has 0 radical (unpaired) electrons. The third kappa shape index (κ3) is 4.82. The van der Waals surface area contributed by atoms with Gasteiger partial charge in [-0.3, -0.25) is 14.5 Å². The van der Waals surface area contributed by atoms with Gasteiger partial charge in [-0.05, 0) is 80.8 Å². The maximum absolute atomic E-state index is 13.6. The predicted octanol–water partition coefficient (Wildman–Crippen LogP) is 4.81. The van der Waals surface area contributed by atoms with Gasteiger partial charge in [-0.1, -0.05) is 36.8 Å². The Hall–Kier alpha value is -3.08. The molecule has 1 atom stereocenters.